The second-order valence-corrected chi connectivity index (χ2v) is 4.81. The average molecular weight is 170 g/mol. The first-order valence-electron chi connectivity index (χ1n) is 5.20. The molecule has 1 fully saturated rings. The molecule has 0 aromatic heterocycles. The van der Waals surface area contributed by atoms with E-state index in [-0.39, 0.29) is 5.41 Å². The minimum absolute atomic E-state index is 0.127. The highest BCUT2D eigenvalue weighted by atomic mass is 16.3. The molecule has 1 rings (SSSR count). The topological polar surface area (TPSA) is 20.2 Å². The molecule has 1 saturated carbocycles. The molecule has 0 aromatic carbocycles. The Bertz CT molecular complexity index is 162. The van der Waals surface area contributed by atoms with Gasteiger partial charge in [0.05, 0.1) is 5.60 Å². The van der Waals surface area contributed by atoms with Crippen molar-refractivity contribution in [2.75, 3.05) is 0 Å². The fourth-order valence-corrected chi connectivity index (χ4v) is 2.85. The first-order chi connectivity index (χ1) is 5.48. The van der Waals surface area contributed by atoms with Crippen LogP contribution in [0.1, 0.15) is 53.4 Å². The smallest absolute Gasteiger partial charge is 0.0723 e. The molecule has 1 aliphatic carbocycles. The highest BCUT2D eigenvalue weighted by Gasteiger charge is 2.51. The van der Waals surface area contributed by atoms with Gasteiger partial charge in [-0.15, -0.1) is 0 Å². The molecule has 1 nitrogen and oxygen atoms in total. The van der Waals surface area contributed by atoms with Crippen molar-refractivity contribution in [1.29, 1.82) is 0 Å². The number of hydrogen-bond donors (Lipinski definition) is 1. The molecular weight excluding hydrogens is 148 g/mol. The van der Waals surface area contributed by atoms with Crippen molar-refractivity contribution in [2.45, 2.75) is 59.0 Å². The molecule has 0 heterocycles. The maximum absolute atomic E-state index is 10.5. The lowest BCUT2D eigenvalue weighted by atomic mass is 9.72. The van der Waals surface area contributed by atoms with Gasteiger partial charge >= 0.3 is 0 Å². The van der Waals surface area contributed by atoms with Gasteiger partial charge in [-0.1, -0.05) is 34.1 Å². The van der Waals surface area contributed by atoms with Crippen LogP contribution in [0.15, 0.2) is 0 Å². The Balaban J connectivity index is 2.87. The summed E-state index contributed by atoms with van der Waals surface area (Å²) >= 11 is 0. The monoisotopic (exact) mass is 170 g/mol. The highest BCUT2D eigenvalue weighted by Crippen LogP contribution is 2.52. The van der Waals surface area contributed by atoms with E-state index < -0.39 is 5.60 Å². The zero-order chi connectivity index (χ0) is 9.41. The largest absolute Gasteiger partial charge is 0.389 e. The fourth-order valence-electron chi connectivity index (χ4n) is 2.85. The van der Waals surface area contributed by atoms with Crippen LogP contribution in [0.2, 0.25) is 0 Å². The molecule has 1 heteroatoms. The van der Waals surface area contributed by atoms with Crippen LogP contribution >= 0.6 is 0 Å². The van der Waals surface area contributed by atoms with Crippen LogP contribution in [0.4, 0.5) is 0 Å². The van der Waals surface area contributed by atoms with Crippen LogP contribution in [0, 0.1) is 11.3 Å². The third-order valence-corrected chi connectivity index (χ3v) is 4.00. The summed E-state index contributed by atoms with van der Waals surface area (Å²) in [5.41, 5.74) is -0.274. The summed E-state index contributed by atoms with van der Waals surface area (Å²) in [7, 11) is 0. The molecule has 0 aromatic rings. The Hall–Kier alpha value is -0.0400. The summed E-state index contributed by atoms with van der Waals surface area (Å²) in [6.07, 6.45) is 4.40. The van der Waals surface area contributed by atoms with E-state index in [1.165, 1.54) is 12.8 Å². The van der Waals surface area contributed by atoms with E-state index >= 15 is 0 Å². The van der Waals surface area contributed by atoms with Crippen molar-refractivity contribution in [1.82, 2.24) is 0 Å². The first kappa shape index (κ1) is 10.0. The molecule has 0 bridgehead atoms. The van der Waals surface area contributed by atoms with Crippen LogP contribution in [0.5, 0.6) is 0 Å². The summed E-state index contributed by atoms with van der Waals surface area (Å²) in [5, 5.41) is 10.5. The second-order valence-electron chi connectivity index (χ2n) is 4.81. The molecule has 2 unspecified atom stereocenters. The van der Waals surface area contributed by atoms with Gasteiger partial charge in [0.2, 0.25) is 0 Å². The minimum Gasteiger partial charge on any atom is -0.389 e. The average Bonchev–Trinajstić information content (AvgIpc) is 2.25. The standard InChI is InChI=1S/C11H22O/c1-5-9-7-8-10(3,4)11(9,12)6-2/h9,12H,5-8H2,1-4H3. The van der Waals surface area contributed by atoms with Crippen LogP contribution in [0.25, 0.3) is 0 Å². The summed E-state index contributed by atoms with van der Waals surface area (Å²) in [4.78, 5) is 0. The Morgan fingerprint density at radius 2 is 1.92 bits per heavy atom. The van der Waals surface area contributed by atoms with Gasteiger partial charge in [-0.05, 0) is 30.6 Å². The van der Waals surface area contributed by atoms with Gasteiger partial charge in [-0.2, -0.15) is 0 Å². The van der Waals surface area contributed by atoms with Crippen LogP contribution in [-0.4, -0.2) is 10.7 Å². The van der Waals surface area contributed by atoms with Crippen LogP contribution < -0.4 is 0 Å². The maximum Gasteiger partial charge on any atom is 0.0723 e. The Labute approximate surface area is 76.2 Å². The van der Waals surface area contributed by atoms with Gasteiger partial charge in [0.1, 0.15) is 0 Å². The van der Waals surface area contributed by atoms with Gasteiger partial charge < -0.3 is 5.11 Å². The van der Waals surface area contributed by atoms with Crippen LogP contribution in [0.3, 0.4) is 0 Å². The third-order valence-electron chi connectivity index (χ3n) is 4.00. The molecule has 0 radical (unpaired) electrons. The Kier molecular flexibility index (Phi) is 2.53. The lowest BCUT2D eigenvalue weighted by Crippen LogP contribution is -2.44. The third kappa shape index (κ3) is 1.19. The fraction of sp³-hybridized carbons (Fsp3) is 1.00. The van der Waals surface area contributed by atoms with E-state index in [0.717, 1.165) is 12.8 Å². The van der Waals surface area contributed by atoms with Gasteiger partial charge in [0.15, 0.2) is 0 Å². The molecule has 2 atom stereocenters. The van der Waals surface area contributed by atoms with Crippen LogP contribution in [-0.2, 0) is 0 Å². The summed E-state index contributed by atoms with van der Waals surface area (Å²) < 4.78 is 0. The molecule has 0 amide bonds. The van der Waals surface area contributed by atoms with Gasteiger partial charge in [-0.25, -0.2) is 0 Å². The molecule has 1 N–H and O–H groups in total. The predicted molar refractivity (Wildman–Crippen MR) is 52.0 cm³/mol. The quantitative estimate of drug-likeness (QED) is 0.675. The van der Waals surface area contributed by atoms with Crippen molar-refractivity contribution in [2.24, 2.45) is 11.3 Å². The summed E-state index contributed by atoms with van der Waals surface area (Å²) in [6, 6.07) is 0. The van der Waals surface area contributed by atoms with E-state index in [4.69, 9.17) is 0 Å². The Morgan fingerprint density at radius 1 is 1.33 bits per heavy atom. The number of aliphatic hydroxyl groups is 1. The zero-order valence-corrected chi connectivity index (χ0v) is 8.85. The van der Waals surface area contributed by atoms with Crippen molar-refractivity contribution in [3.05, 3.63) is 0 Å². The van der Waals surface area contributed by atoms with E-state index in [1.54, 1.807) is 0 Å². The Morgan fingerprint density at radius 3 is 2.25 bits per heavy atom. The van der Waals surface area contributed by atoms with Crippen molar-refractivity contribution in [3.63, 3.8) is 0 Å². The first-order valence-corrected chi connectivity index (χ1v) is 5.20. The molecule has 72 valence electrons. The maximum atomic E-state index is 10.5. The van der Waals surface area contributed by atoms with E-state index in [9.17, 15) is 5.11 Å². The van der Waals surface area contributed by atoms with E-state index in [2.05, 4.69) is 27.7 Å². The van der Waals surface area contributed by atoms with Crippen molar-refractivity contribution in [3.8, 4) is 0 Å². The number of rotatable bonds is 2. The van der Waals surface area contributed by atoms with E-state index in [1.807, 2.05) is 0 Å². The molecule has 0 saturated heterocycles. The second kappa shape index (κ2) is 3.02. The summed E-state index contributed by atoms with van der Waals surface area (Å²) in [5.74, 6) is 0.525. The molecule has 0 aliphatic heterocycles. The molecule has 12 heavy (non-hydrogen) atoms. The molecular formula is C11H22O. The lowest BCUT2D eigenvalue weighted by molar-refractivity contribution is -0.0793. The van der Waals surface area contributed by atoms with E-state index in [0.29, 0.717) is 5.92 Å². The van der Waals surface area contributed by atoms with Crippen molar-refractivity contribution < 1.29 is 5.11 Å². The lowest BCUT2D eigenvalue weighted by Gasteiger charge is -2.40. The summed E-state index contributed by atoms with van der Waals surface area (Å²) in [6.45, 7) is 8.70. The SMILES string of the molecule is CCC1CCC(C)(C)C1(O)CC. The zero-order valence-electron chi connectivity index (χ0n) is 8.85. The number of hydrogen-bond acceptors (Lipinski definition) is 1. The molecule has 1 aliphatic rings. The predicted octanol–water partition coefficient (Wildman–Crippen LogP) is 2.97. The van der Waals surface area contributed by atoms with Gasteiger partial charge in [0.25, 0.3) is 0 Å². The normalized spacial score (nSPS) is 40.2. The van der Waals surface area contributed by atoms with Gasteiger partial charge in [-0.3, -0.25) is 0 Å². The molecule has 0 spiro atoms. The highest BCUT2D eigenvalue weighted by molar-refractivity contribution is 5.02. The van der Waals surface area contributed by atoms with Crippen molar-refractivity contribution >= 4 is 0 Å². The minimum atomic E-state index is -0.401. The van der Waals surface area contributed by atoms with Gasteiger partial charge in [0, 0.05) is 0 Å².